The third-order valence-electron chi connectivity index (χ3n) is 12.4. The molecule has 6 heterocycles. The van der Waals surface area contributed by atoms with Crippen LogP contribution in [-0.4, -0.2) is 113 Å². The Hall–Kier alpha value is -6.62. The highest BCUT2D eigenvalue weighted by Crippen LogP contribution is 2.43. The molecule has 0 spiro atoms. The lowest BCUT2D eigenvalue weighted by Crippen LogP contribution is -2.56. The number of hydrogen-bond acceptors (Lipinski definition) is 15. The highest BCUT2D eigenvalue weighted by atomic mass is 32.1. The molecule has 0 radical (unpaired) electrons. The molecular weight excluding hydrogens is 913 g/mol. The number of amides is 2. The molecule has 0 aliphatic carbocycles. The first-order chi connectivity index (χ1) is 32.2. The Balaban J connectivity index is 1.03. The molecule has 0 bridgehead atoms. The number of imidazole rings is 2. The molecule has 2 saturated heterocycles. The summed E-state index contributed by atoms with van der Waals surface area (Å²) < 4.78 is 24.1. The molecule has 2 amide bonds. The van der Waals surface area contributed by atoms with Gasteiger partial charge in [0.15, 0.2) is 53.6 Å². The molecule has 346 valence electrons. The fraction of sp³-hybridized carbons (Fsp3) is 0.395. The van der Waals surface area contributed by atoms with Crippen molar-refractivity contribution in [2.24, 2.45) is 16.0 Å². The molecule has 67 heavy (non-hydrogen) atoms. The average Bonchev–Trinajstić information content (AvgIpc) is 4.09. The summed E-state index contributed by atoms with van der Waals surface area (Å²) in [6.45, 7) is 12.8. The van der Waals surface area contributed by atoms with Crippen molar-refractivity contribution in [3.8, 4) is 0 Å². The zero-order valence-electron chi connectivity index (χ0n) is 37.3. The van der Waals surface area contributed by atoms with Crippen LogP contribution in [0.4, 0.5) is 11.6 Å². The van der Waals surface area contributed by atoms with E-state index in [1.807, 2.05) is 19.1 Å². The monoisotopic (exact) mass is 960 g/mol. The number of aromatic nitrogens is 8. The minimum Gasteiger partial charge on any atom is -0.407 e. The number of fused-ring (bicyclic) bond motifs is 2. The van der Waals surface area contributed by atoms with Crippen LogP contribution in [0.2, 0.25) is 18.1 Å². The summed E-state index contributed by atoms with van der Waals surface area (Å²) in [5.74, 6) is -0.455. The van der Waals surface area contributed by atoms with Gasteiger partial charge in [-0.15, -0.1) is 0 Å². The van der Waals surface area contributed by atoms with Gasteiger partial charge in [0, 0.05) is 28.5 Å². The number of isothiocyanates is 1. The fourth-order valence-corrected chi connectivity index (χ4v) is 9.52. The fourth-order valence-electron chi connectivity index (χ4n) is 7.88. The summed E-state index contributed by atoms with van der Waals surface area (Å²) in [5, 5.41) is 18.9. The van der Waals surface area contributed by atoms with Gasteiger partial charge in [0.1, 0.15) is 31.1 Å². The number of ether oxygens (including phenoxy) is 2. The lowest BCUT2D eigenvalue weighted by atomic mass is 9.99. The number of nitrogens with one attached hydrogen (secondary N) is 4. The zero-order valence-corrected chi connectivity index (χ0v) is 40.0. The van der Waals surface area contributed by atoms with Gasteiger partial charge >= 0.3 is 0 Å². The molecule has 2 aliphatic heterocycles. The van der Waals surface area contributed by atoms with E-state index in [4.69, 9.17) is 38.3 Å². The minimum absolute atomic E-state index is 0.0545. The average molecular weight is 961 g/mol. The molecule has 21 nitrogen and oxygen atoms in total. The number of carbonyl (C=O) groups excluding carboxylic acids is 2. The van der Waals surface area contributed by atoms with Gasteiger partial charge in [-0.05, 0) is 72.4 Å². The summed E-state index contributed by atoms with van der Waals surface area (Å²) in [6.07, 6.45) is 2.43. The van der Waals surface area contributed by atoms with Crippen molar-refractivity contribution in [3.05, 3.63) is 108 Å². The highest BCUT2D eigenvalue weighted by molar-refractivity contribution is 7.80. The second-order valence-electron chi connectivity index (χ2n) is 17.6. The molecule has 4 N–H and O–H groups in total. The van der Waals surface area contributed by atoms with Crippen molar-refractivity contribution in [2.45, 2.75) is 88.7 Å². The number of aliphatic imine (C=N–C) groups is 1. The SMILES string of the molecule is C[C@@H]1[C@H](N=C=S)[C@@H](CNC(=S)N[C@H]2C(O[Si](C)(C)C(C)(C)C)[C@H](n3cnc4c(NC(=O)c5ccccc5)ncnc43)O[C@@H]2CN=[N+]=[N-])O[C@H]1n1cnc2c(NC(=O)c3ccccc3)ncnc21. The number of benzene rings is 2. The van der Waals surface area contributed by atoms with Gasteiger partial charge in [0.2, 0.25) is 0 Å². The molecule has 2 aliphatic rings. The second-order valence-corrected chi connectivity index (χ2v) is 22.9. The van der Waals surface area contributed by atoms with Gasteiger partial charge in [0.05, 0.1) is 42.5 Å². The van der Waals surface area contributed by atoms with E-state index in [0.29, 0.717) is 33.5 Å². The highest BCUT2D eigenvalue weighted by Gasteiger charge is 2.52. The largest absolute Gasteiger partial charge is 0.407 e. The van der Waals surface area contributed by atoms with Crippen molar-refractivity contribution >= 4 is 88.8 Å². The number of anilines is 2. The van der Waals surface area contributed by atoms with Crippen LogP contribution in [0.25, 0.3) is 32.8 Å². The number of carbonyl (C=O) groups is 2. The van der Waals surface area contributed by atoms with Crippen LogP contribution in [0.1, 0.15) is 60.9 Å². The van der Waals surface area contributed by atoms with E-state index in [9.17, 15) is 15.1 Å². The standard InChI is InChI=1S/C43H48N16O5S2Si/c1-24-29(52-23-65)27(62-40(24)58-21-50-31-34(46-19-48-36(31)58)55-38(60)25-13-9-7-10-14-25)17-45-42(66)54-30-28(18-53-57-44)63-41(33(30)64-67(5,6)43(2,3)4)59-22-51-32-35(47-20-49-37(32)59)56-39(61)26-15-11-8-12-16-26/h7-16,19-22,24,27-30,33,40-41H,17-18H2,1-6H3,(H2,45,54,66)(H,46,48,55,60)(H,47,49,56,61)/t24-,27-,28-,29+,30-,33?,40-,41-/m1/s1. The van der Waals surface area contributed by atoms with Crippen LogP contribution < -0.4 is 21.3 Å². The van der Waals surface area contributed by atoms with Gasteiger partial charge in [-0.1, -0.05) is 69.2 Å². The van der Waals surface area contributed by atoms with Crippen molar-refractivity contribution in [1.82, 2.24) is 49.7 Å². The molecule has 8 rings (SSSR count). The molecule has 6 aromatic rings. The summed E-state index contributed by atoms with van der Waals surface area (Å²) in [7, 11) is -2.56. The van der Waals surface area contributed by atoms with Gasteiger partial charge in [-0.2, -0.15) is 0 Å². The van der Waals surface area contributed by atoms with Gasteiger partial charge < -0.3 is 35.2 Å². The number of thiocarbonyl (C=S) groups is 2. The zero-order chi connectivity index (χ0) is 47.5. The van der Waals surface area contributed by atoms with Gasteiger partial charge in [-0.25, -0.2) is 34.9 Å². The van der Waals surface area contributed by atoms with Gasteiger partial charge in [-0.3, -0.25) is 18.7 Å². The Kier molecular flexibility index (Phi) is 13.8. The lowest BCUT2D eigenvalue weighted by Gasteiger charge is -2.41. The molecule has 2 fully saturated rings. The van der Waals surface area contributed by atoms with E-state index in [1.165, 1.54) is 12.7 Å². The number of hydrogen-bond donors (Lipinski definition) is 4. The van der Waals surface area contributed by atoms with Crippen molar-refractivity contribution in [2.75, 3.05) is 23.7 Å². The molecule has 1 unspecified atom stereocenters. The Morgan fingerprint density at radius 2 is 1.39 bits per heavy atom. The topological polar surface area (TPSA) is 258 Å². The smallest absolute Gasteiger partial charge is 0.256 e. The number of azide groups is 1. The first-order valence-electron chi connectivity index (χ1n) is 21.4. The summed E-state index contributed by atoms with van der Waals surface area (Å²) in [4.78, 5) is 60.6. The second kappa shape index (κ2) is 19.7. The molecule has 0 saturated carbocycles. The molecule has 24 heteroatoms. The predicted octanol–water partition coefficient (Wildman–Crippen LogP) is 6.61. The maximum atomic E-state index is 13.2. The molecule has 4 aromatic heterocycles. The van der Waals surface area contributed by atoms with Crippen LogP contribution in [0.15, 0.2) is 96.1 Å². The number of rotatable bonds is 14. The maximum absolute atomic E-state index is 13.2. The molecular formula is C43H48N16O5S2Si. The first-order valence-corrected chi connectivity index (χ1v) is 25.1. The van der Waals surface area contributed by atoms with E-state index in [2.05, 4.69) is 105 Å². The van der Waals surface area contributed by atoms with E-state index >= 15 is 0 Å². The normalized spacial score (nSPS) is 22.7. The minimum atomic E-state index is -2.56. The summed E-state index contributed by atoms with van der Waals surface area (Å²) in [5.41, 5.74) is 11.9. The third-order valence-corrected chi connectivity index (χ3v) is 17.2. The van der Waals surface area contributed by atoms with Crippen molar-refractivity contribution in [3.63, 3.8) is 0 Å². The van der Waals surface area contributed by atoms with E-state index in [-0.39, 0.29) is 52.6 Å². The Morgan fingerprint density at radius 3 is 1.91 bits per heavy atom. The predicted molar refractivity (Wildman–Crippen MR) is 259 cm³/mol. The Morgan fingerprint density at radius 1 is 0.851 bits per heavy atom. The molecule has 8 atom stereocenters. The van der Waals surface area contributed by atoms with Crippen LogP contribution >= 0.6 is 24.4 Å². The van der Waals surface area contributed by atoms with Gasteiger partial charge in [0.25, 0.3) is 11.8 Å². The van der Waals surface area contributed by atoms with Crippen LogP contribution in [0, 0.1) is 5.92 Å². The lowest BCUT2D eigenvalue weighted by molar-refractivity contribution is -0.0285. The van der Waals surface area contributed by atoms with E-state index < -0.39 is 51.2 Å². The van der Waals surface area contributed by atoms with E-state index in [0.717, 1.165) is 0 Å². The van der Waals surface area contributed by atoms with Crippen molar-refractivity contribution in [1.29, 1.82) is 0 Å². The van der Waals surface area contributed by atoms with Crippen LogP contribution in [0.3, 0.4) is 0 Å². The van der Waals surface area contributed by atoms with Crippen molar-refractivity contribution < 1.29 is 23.5 Å². The van der Waals surface area contributed by atoms with Crippen LogP contribution in [0.5, 0.6) is 0 Å². The summed E-state index contributed by atoms with van der Waals surface area (Å²) >= 11 is 11.1. The van der Waals surface area contributed by atoms with E-state index in [1.54, 1.807) is 70.3 Å². The van der Waals surface area contributed by atoms with Crippen LogP contribution in [-0.2, 0) is 13.9 Å². The Bertz CT molecular complexity index is 2890. The maximum Gasteiger partial charge on any atom is 0.256 e. The first kappa shape index (κ1) is 46.9. The third kappa shape index (κ3) is 9.78. The quantitative estimate of drug-likeness (QED) is 0.0224. The number of nitrogens with zero attached hydrogens (tertiary/aromatic N) is 12. The molecule has 2 aromatic carbocycles. The Labute approximate surface area is 396 Å². The summed E-state index contributed by atoms with van der Waals surface area (Å²) in [6, 6.07) is 16.5.